The molecule has 4 N–H and O–H groups in total. The van der Waals surface area contributed by atoms with E-state index in [2.05, 4.69) is 0 Å². The van der Waals surface area contributed by atoms with E-state index in [0.717, 1.165) is 0 Å². The molecule has 0 atom stereocenters. The Bertz CT molecular complexity index is 34.0. The molecule has 0 aromatic carbocycles. The van der Waals surface area contributed by atoms with Gasteiger partial charge in [0, 0.05) is 0 Å². The predicted octanol–water partition coefficient (Wildman–Crippen LogP) is -8.38. The molecule has 0 bridgehead atoms. The van der Waals surface area contributed by atoms with Crippen LogP contribution in [0.3, 0.4) is 0 Å². The van der Waals surface area contributed by atoms with Gasteiger partial charge in [0.15, 0.2) is 0 Å². The fourth-order valence-electron chi connectivity index (χ4n) is 0. The Balaban J connectivity index is -0.0000000133. The third-order valence-corrected chi connectivity index (χ3v) is 0. The second kappa shape index (κ2) is 7.85. The quantitative estimate of drug-likeness (QED) is 0.330. The fourth-order valence-corrected chi connectivity index (χ4v) is 0. The van der Waals surface area contributed by atoms with Crippen molar-refractivity contribution in [3.8, 4) is 0 Å². The third kappa shape index (κ3) is 41.7. The molecule has 0 aliphatic heterocycles. The van der Waals surface area contributed by atoms with Gasteiger partial charge in [-0.1, -0.05) is 0 Å². The minimum absolute atomic E-state index is 0. The van der Waals surface area contributed by atoms with Gasteiger partial charge in [0.25, 0.3) is 0 Å². The van der Waals surface area contributed by atoms with Gasteiger partial charge in [-0.15, -0.1) is 0 Å². The van der Waals surface area contributed by atoms with E-state index < -0.39 is 9.05 Å². The van der Waals surface area contributed by atoms with Crippen LogP contribution in [-0.2, 0) is 0 Å². The molecule has 0 aliphatic rings. The summed E-state index contributed by atoms with van der Waals surface area (Å²) in [5, 5.41) is 0. The molecule has 0 rings (SSSR count). The van der Waals surface area contributed by atoms with E-state index in [1.54, 1.807) is 0 Å². The summed E-state index contributed by atoms with van der Waals surface area (Å²) in [4.78, 5) is 29.3. The molecule has 0 saturated heterocycles. The average molecular weight is 270 g/mol. The van der Waals surface area contributed by atoms with E-state index in [-0.39, 0.29) is 123 Å². The van der Waals surface area contributed by atoms with Gasteiger partial charge >= 0.3 is 129 Å². The van der Waals surface area contributed by atoms with E-state index >= 15 is 0 Å². The molecule has 0 heterocycles. The van der Waals surface area contributed by atoms with E-state index in [0.29, 0.717) is 0 Å². The summed E-state index contributed by atoms with van der Waals surface area (Å²) in [6.45, 7) is 0. The maximum absolute atomic E-state index is 7.33. The van der Waals surface area contributed by atoms with Crippen LogP contribution >= 0.6 is 0 Å². The average Bonchev–Trinajstić information content (AvgIpc) is 0.722. The molecule has 36 valence electrons. The standard InChI is InChI=1S/Cs.K.H4O4Si.2H/c;;1-5(2,3)4;;/h;;1-4H;;/q2*+1;;2*-1. The molecule has 7 heavy (non-hydrogen) atoms. The second-order valence-electron chi connectivity index (χ2n) is 0.600. The Morgan fingerprint density at radius 1 is 1.00 bits per heavy atom. The minimum Gasteiger partial charge on any atom is -1.00 e. The van der Waals surface area contributed by atoms with Crippen molar-refractivity contribution < 1.29 is 142 Å². The van der Waals surface area contributed by atoms with Crippen LogP contribution in [0.25, 0.3) is 0 Å². The van der Waals surface area contributed by atoms with E-state index in [4.69, 9.17) is 19.2 Å². The summed E-state index contributed by atoms with van der Waals surface area (Å²) in [5.41, 5.74) is 0. The molecule has 0 fully saturated rings. The summed E-state index contributed by atoms with van der Waals surface area (Å²) in [5.74, 6) is 0. The molecule has 0 aromatic rings. The largest absolute Gasteiger partial charge is 1.00 e. The fraction of sp³-hybridized carbons (Fsp3) is 0. The van der Waals surface area contributed by atoms with Crippen LogP contribution in [0.2, 0.25) is 0 Å². The van der Waals surface area contributed by atoms with Crippen LogP contribution in [-0.4, -0.2) is 28.2 Å². The van der Waals surface area contributed by atoms with Crippen molar-refractivity contribution >= 4 is 9.05 Å². The molecule has 4 nitrogen and oxygen atoms in total. The zero-order chi connectivity index (χ0) is 4.50. The topological polar surface area (TPSA) is 80.9 Å². The monoisotopic (exact) mass is 270 g/mol. The van der Waals surface area contributed by atoms with Crippen molar-refractivity contribution in [3.63, 3.8) is 0 Å². The first-order chi connectivity index (χ1) is 2.00. The number of rotatable bonds is 0. The van der Waals surface area contributed by atoms with Gasteiger partial charge < -0.3 is 22.0 Å². The van der Waals surface area contributed by atoms with Crippen molar-refractivity contribution in [2.24, 2.45) is 0 Å². The summed E-state index contributed by atoms with van der Waals surface area (Å²) < 4.78 is 0. The van der Waals surface area contributed by atoms with Crippen molar-refractivity contribution in [3.05, 3.63) is 0 Å². The molecule has 0 unspecified atom stereocenters. The van der Waals surface area contributed by atoms with E-state index in [1.165, 1.54) is 0 Å². The van der Waals surface area contributed by atoms with Gasteiger partial charge in [0.1, 0.15) is 0 Å². The SMILES string of the molecule is O[Si](O)(O)O.[Cs+].[H-].[H-].[K+]. The molecule has 0 spiro atoms. The summed E-state index contributed by atoms with van der Waals surface area (Å²) in [7, 11) is -4.61. The second-order valence-corrected chi connectivity index (χ2v) is 1.80. The normalized spacial score (nSPS) is 8.57. The summed E-state index contributed by atoms with van der Waals surface area (Å²) in [6, 6.07) is 0. The predicted molar refractivity (Wildman–Crippen MR) is 16.9 cm³/mol. The van der Waals surface area contributed by atoms with Crippen molar-refractivity contribution in [2.75, 3.05) is 0 Å². The van der Waals surface area contributed by atoms with Gasteiger partial charge in [-0.25, -0.2) is 0 Å². The molecular formula is H6CsKO4Si. The van der Waals surface area contributed by atoms with Crippen LogP contribution in [0.4, 0.5) is 0 Å². The maximum Gasteiger partial charge on any atom is 1.00 e. The maximum atomic E-state index is 7.33. The smallest absolute Gasteiger partial charge is 1.00 e. The van der Waals surface area contributed by atoms with Gasteiger partial charge in [0.2, 0.25) is 0 Å². The number of hydrogen-bond donors (Lipinski definition) is 4. The zero-order valence-corrected chi connectivity index (χ0v) is 14.7. The molecule has 0 aliphatic carbocycles. The first-order valence-electron chi connectivity index (χ1n) is 0.894. The van der Waals surface area contributed by atoms with Gasteiger partial charge in [0.05, 0.1) is 0 Å². The Kier molecular flexibility index (Phi) is 19.1. The van der Waals surface area contributed by atoms with E-state index in [9.17, 15) is 0 Å². The first-order valence-corrected chi connectivity index (χ1v) is 2.68. The summed E-state index contributed by atoms with van der Waals surface area (Å²) in [6.07, 6.45) is 0. The van der Waals surface area contributed by atoms with Crippen LogP contribution in [0, 0.1) is 0 Å². The first kappa shape index (κ1) is 17.0. The Labute approximate surface area is 147 Å². The number of hydrogen-bond acceptors (Lipinski definition) is 4. The van der Waals surface area contributed by atoms with Crippen LogP contribution < -0.4 is 120 Å². The van der Waals surface area contributed by atoms with Crippen molar-refractivity contribution in [1.82, 2.24) is 0 Å². The molecule has 0 aromatic heterocycles. The Morgan fingerprint density at radius 2 is 1.00 bits per heavy atom. The van der Waals surface area contributed by atoms with Gasteiger partial charge in [-0.2, -0.15) is 0 Å². The minimum atomic E-state index is -4.61. The molecule has 7 heteroatoms. The molecule has 0 amide bonds. The van der Waals surface area contributed by atoms with Crippen molar-refractivity contribution in [1.29, 1.82) is 0 Å². The molecular weight excluding hydrogens is 264 g/mol. The zero-order valence-electron chi connectivity index (χ0n) is 6.29. The van der Waals surface area contributed by atoms with Crippen LogP contribution in [0.5, 0.6) is 0 Å². The Morgan fingerprint density at radius 3 is 1.00 bits per heavy atom. The Hall–Kier alpha value is 3.75. The van der Waals surface area contributed by atoms with E-state index in [1.807, 2.05) is 0 Å². The van der Waals surface area contributed by atoms with Crippen LogP contribution in [0.1, 0.15) is 2.85 Å². The van der Waals surface area contributed by atoms with Crippen molar-refractivity contribution in [2.45, 2.75) is 0 Å². The van der Waals surface area contributed by atoms with Gasteiger partial charge in [-0.05, 0) is 0 Å². The van der Waals surface area contributed by atoms with Crippen LogP contribution in [0.15, 0.2) is 0 Å². The van der Waals surface area contributed by atoms with Gasteiger partial charge in [-0.3, -0.25) is 0 Å². The molecule has 0 saturated carbocycles. The summed E-state index contributed by atoms with van der Waals surface area (Å²) >= 11 is 0. The third-order valence-electron chi connectivity index (χ3n) is 0. The molecule has 0 radical (unpaired) electrons.